The van der Waals surface area contributed by atoms with Gasteiger partial charge in [-0.3, -0.25) is 4.79 Å². The first kappa shape index (κ1) is 14.7. The van der Waals surface area contributed by atoms with Crippen LogP contribution in [0.2, 0.25) is 0 Å². The Hall–Kier alpha value is -2.21. The van der Waals surface area contributed by atoms with Crippen molar-refractivity contribution in [2.45, 2.75) is 19.9 Å². The molecule has 4 nitrogen and oxygen atoms in total. The molecule has 1 aromatic carbocycles. The summed E-state index contributed by atoms with van der Waals surface area (Å²) < 4.78 is 19.3. The van der Waals surface area contributed by atoms with Crippen LogP contribution in [0.25, 0.3) is 11.0 Å². The van der Waals surface area contributed by atoms with E-state index in [1.165, 1.54) is 17.4 Å². The molecule has 22 heavy (non-hydrogen) atoms. The molecule has 1 atom stereocenters. The van der Waals surface area contributed by atoms with Gasteiger partial charge in [0.15, 0.2) is 17.2 Å². The van der Waals surface area contributed by atoms with Crippen molar-refractivity contribution in [3.05, 3.63) is 51.9 Å². The van der Waals surface area contributed by atoms with Gasteiger partial charge >= 0.3 is 0 Å². The van der Waals surface area contributed by atoms with E-state index in [-0.39, 0.29) is 23.3 Å². The smallest absolute Gasteiger partial charge is 0.290 e. The third kappa shape index (κ3) is 2.29. The van der Waals surface area contributed by atoms with Crippen molar-refractivity contribution in [1.82, 2.24) is 9.88 Å². The molecule has 3 rings (SSSR count). The highest BCUT2D eigenvalue weighted by atomic mass is 32.1. The second-order valence-corrected chi connectivity index (χ2v) is 6.06. The highest BCUT2D eigenvalue weighted by Gasteiger charge is 2.26. The Morgan fingerprint density at radius 3 is 2.86 bits per heavy atom. The average Bonchev–Trinajstić information content (AvgIpc) is 3.15. The molecule has 0 aliphatic heterocycles. The molecule has 114 valence electrons. The van der Waals surface area contributed by atoms with Gasteiger partial charge in [0.1, 0.15) is 5.01 Å². The van der Waals surface area contributed by atoms with Crippen molar-refractivity contribution in [3.8, 4) is 0 Å². The summed E-state index contributed by atoms with van der Waals surface area (Å²) in [7, 11) is 1.69. The quantitative estimate of drug-likeness (QED) is 0.728. The van der Waals surface area contributed by atoms with Crippen molar-refractivity contribution in [2.75, 3.05) is 7.05 Å². The minimum atomic E-state index is -0.463. The lowest BCUT2D eigenvalue weighted by Gasteiger charge is -2.22. The second kappa shape index (κ2) is 5.53. The van der Waals surface area contributed by atoms with E-state index in [2.05, 4.69) is 4.98 Å². The average molecular weight is 318 g/mol. The van der Waals surface area contributed by atoms with Gasteiger partial charge < -0.3 is 9.32 Å². The first-order chi connectivity index (χ1) is 10.5. The van der Waals surface area contributed by atoms with E-state index in [1.807, 2.05) is 12.3 Å². The fraction of sp³-hybridized carbons (Fsp3) is 0.250. The van der Waals surface area contributed by atoms with Gasteiger partial charge in [-0.25, -0.2) is 9.37 Å². The molecule has 0 saturated heterocycles. The SMILES string of the molecule is Cc1c(C(=O)N(C)C(C)c2nccs2)oc2c(F)cccc12. The van der Waals surface area contributed by atoms with Crippen molar-refractivity contribution >= 4 is 28.2 Å². The zero-order chi connectivity index (χ0) is 15.9. The molecule has 1 amide bonds. The van der Waals surface area contributed by atoms with E-state index in [1.54, 1.807) is 37.2 Å². The van der Waals surface area contributed by atoms with E-state index >= 15 is 0 Å². The number of halogens is 1. The number of hydrogen-bond acceptors (Lipinski definition) is 4. The summed E-state index contributed by atoms with van der Waals surface area (Å²) in [5.74, 6) is -0.572. The molecule has 0 spiro atoms. The lowest BCUT2D eigenvalue weighted by atomic mass is 10.1. The summed E-state index contributed by atoms with van der Waals surface area (Å²) >= 11 is 1.49. The Balaban J connectivity index is 1.98. The Morgan fingerprint density at radius 2 is 2.23 bits per heavy atom. The number of amides is 1. The maximum atomic E-state index is 13.8. The van der Waals surface area contributed by atoms with Gasteiger partial charge in [-0.05, 0) is 19.9 Å². The van der Waals surface area contributed by atoms with Gasteiger partial charge in [-0.1, -0.05) is 12.1 Å². The predicted octanol–water partition coefficient (Wildman–Crippen LogP) is 4.17. The summed E-state index contributed by atoms with van der Waals surface area (Å²) in [4.78, 5) is 18.5. The second-order valence-electron chi connectivity index (χ2n) is 5.14. The highest BCUT2D eigenvalue weighted by molar-refractivity contribution is 7.09. The van der Waals surface area contributed by atoms with Gasteiger partial charge in [0, 0.05) is 29.6 Å². The topological polar surface area (TPSA) is 46.3 Å². The van der Waals surface area contributed by atoms with Gasteiger partial charge in [-0.15, -0.1) is 11.3 Å². The normalized spacial score (nSPS) is 12.5. The van der Waals surface area contributed by atoms with Crippen LogP contribution in [0.4, 0.5) is 4.39 Å². The molecular weight excluding hydrogens is 303 g/mol. The minimum Gasteiger partial charge on any atom is -0.448 e. The van der Waals surface area contributed by atoms with Crippen molar-refractivity contribution in [2.24, 2.45) is 0 Å². The number of fused-ring (bicyclic) bond motifs is 1. The number of rotatable bonds is 3. The van der Waals surface area contributed by atoms with Gasteiger partial charge in [-0.2, -0.15) is 0 Å². The monoisotopic (exact) mass is 318 g/mol. The van der Waals surface area contributed by atoms with Crippen molar-refractivity contribution < 1.29 is 13.6 Å². The largest absolute Gasteiger partial charge is 0.448 e. The van der Waals surface area contributed by atoms with Gasteiger partial charge in [0.05, 0.1) is 6.04 Å². The van der Waals surface area contributed by atoms with Crippen LogP contribution >= 0.6 is 11.3 Å². The minimum absolute atomic E-state index is 0.124. The van der Waals surface area contributed by atoms with Crippen LogP contribution in [0.1, 0.15) is 34.1 Å². The summed E-state index contributed by atoms with van der Waals surface area (Å²) in [6.07, 6.45) is 1.70. The third-order valence-electron chi connectivity index (χ3n) is 3.82. The molecule has 0 N–H and O–H groups in total. The molecule has 0 aliphatic rings. The molecule has 0 radical (unpaired) electrons. The van der Waals surface area contributed by atoms with Gasteiger partial charge in [0.2, 0.25) is 0 Å². The number of nitrogens with zero attached hydrogens (tertiary/aromatic N) is 2. The lowest BCUT2D eigenvalue weighted by Crippen LogP contribution is -2.29. The van der Waals surface area contributed by atoms with E-state index in [0.717, 1.165) is 5.01 Å². The molecule has 0 bridgehead atoms. The Bertz CT molecular complexity index is 826. The molecule has 6 heteroatoms. The number of aromatic nitrogens is 1. The number of thiazole rings is 1. The summed E-state index contributed by atoms with van der Waals surface area (Å²) in [5.41, 5.74) is 0.774. The summed E-state index contributed by atoms with van der Waals surface area (Å²) in [5, 5.41) is 3.33. The Kier molecular flexibility index (Phi) is 3.70. The number of benzene rings is 1. The lowest BCUT2D eigenvalue weighted by molar-refractivity contribution is 0.0711. The number of furan rings is 1. The van der Waals surface area contributed by atoms with E-state index in [4.69, 9.17) is 4.42 Å². The molecule has 3 aromatic rings. The molecule has 0 fully saturated rings. The molecule has 1 unspecified atom stereocenters. The zero-order valence-corrected chi connectivity index (χ0v) is 13.3. The number of carbonyl (C=O) groups excluding carboxylic acids is 1. The zero-order valence-electron chi connectivity index (χ0n) is 12.5. The summed E-state index contributed by atoms with van der Waals surface area (Å²) in [6.45, 7) is 3.66. The van der Waals surface area contributed by atoms with E-state index < -0.39 is 5.82 Å². The standard InChI is InChI=1S/C16H15FN2O2S/c1-9-11-5-4-6-12(17)14(11)21-13(9)16(20)19(3)10(2)15-18-7-8-22-15/h4-8,10H,1-3H3. The molecule has 2 aromatic heterocycles. The first-order valence-electron chi connectivity index (χ1n) is 6.85. The van der Waals surface area contributed by atoms with Crippen LogP contribution in [0, 0.1) is 12.7 Å². The number of para-hydroxylation sites is 1. The van der Waals surface area contributed by atoms with Crippen molar-refractivity contribution in [3.63, 3.8) is 0 Å². The number of aryl methyl sites for hydroxylation is 1. The molecule has 2 heterocycles. The van der Waals surface area contributed by atoms with Crippen LogP contribution < -0.4 is 0 Å². The maximum Gasteiger partial charge on any atom is 0.290 e. The van der Waals surface area contributed by atoms with Crippen LogP contribution in [-0.4, -0.2) is 22.8 Å². The highest BCUT2D eigenvalue weighted by Crippen LogP contribution is 2.30. The van der Waals surface area contributed by atoms with Crippen LogP contribution in [0.15, 0.2) is 34.2 Å². The van der Waals surface area contributed by atoms with E-state index in [9.17, 15) is 9.18 Å². The molecule has 0 saturated carbocycles. The summed E-state index contributed by atoms with van der Waals surface area (Å²) in [6, 6.07) is 4.50. The van der Waals surface area contributed by atoms with E-state index in [0.29, 0.717) is 10.9 Å². The van der Waals surface area contributed by atoms with Crippen LogP contribution in [0.3, 0.4) is 0 Å². The maximum absolute atomic E-state index is 13.8. The third-order valence-corrected chi connectivity index (χ3v) is 4.77. The fourth-order valence-electron chi connectivity index (χ4n) is 2.36. The first-order valence-corrected chi connectivity index (χ1v) is 7.73. The fourth-order valence-corrected chi connectivity index (χ4v) is 3.09. The number of hydrogen-bond donors (Lipinski definition) is 0. The Labute approximate surface area is 131 Å². The van der Waals surface area contributed by atoms with Crippen LogP contribution in [-0.2, 0) is 0 Å². The van der Waals surface area contributed by atoms with Gasteiger partial charge in [0.25, 0.3) is 5.91 Å². The predicted molar refractivity (Wildman–Crippen MR) is 83.5 cm³/mol. The molecule has 0 aliphatic carbocycles. The molecular formula is C16H15FN2O2S. The number of carbonyl (C=O) groups is 1. The Morgan fingerprint density at radius 1 is 1.45 bits per heavy atom. The van der Waals surface area contributed by atoms with Crippen molar-refractivity contribution in [1.29, 1.82) is 0 Å². The van der Waals surface area contributed by atoms with Crippen LogP contribution in [0.5, 0.6) is 0 Å².